The van der Waals surface area contributed by atoms with Crippen molar-refractivity contribution in [3.8, 4) is 0 Å². The Kier molecular flexibility index (Phi) is 8.56. The first-order chi connectivity index (χ1) is 21.8. The molecule has 0 saturated carbocycles. The molecule has 3 fully saturated rings. The van der Waals surface area contributed by atoms with E-state index in [1.807, 2.05) is 32.2 Å². The molecule has 0 aromatic heterocycles. The Morgan fingerprint density at radius 1 is 1.15 bits per heavy atom. The Morgan fingerprint density at radius 3 is 2.50 bits per heavy atom. The molecule has 0 radical (unpaired) electrons. The number of fused-ring (bicyclic) bond motifs is 2. The van der Waals surface area contributed by atoms with E-state index < -0.39 is 43.7 Å². The maximum atomic E-state index is 14.7. The fourth-order valence-electron chi connectivity index (χ4n) is 7.98. The number of anilines is 2. The predicted molar refractivity (Wildman–Crippen MR) is 172 cm³/mol. The predicted octanol–water partition coefficient (Wildman–Crippen LogP) is 3.68. The van der Waals surface area contributed by atoms with E-state index in [0.29, 0.717) is 28.5 Å². The summed E-state index contributed by atoms with van der Waals surface area (Å²) >= 11 is 6.50. The van der Waals surface area contributed by atoms with Crippen molar-refractivity contribution in [1.82, 2.24) is 4.90 Å². The van der Waals surface area contributed by atoms with Crippen LogP contribution in [0.4, 0.5) is 11.4 Å². The number of carbonyl (C=O) groups is 4. The van der Waals surface area contributed by atoms with Crippen molar-refractivity contribution in [2.45, 2.75) is 88.7 Å². The minimum atomic E-state index is -2.99. The van der Waals surface area contributed by atoms with Gasteiger partial charge in [0.15, 0.2) is 20.1 Å². The van der Waals surface area contributed by atoms with E-state index in [1.165, 1.54) is 11.8 Å². The highest BCUT2D eigenvalue weighted by atomic mass is 35.5. The third-order valence-electron chi connectivity index (χ3n) is 9.99. The molecule has 13 heteroatoms. The summed E-state index contributed by atoms with van der Waals surface area (Å²) in [6, 6.07) is 12.2. The number of amides is 3. The van der Waals surface area contributed by atoms with E-state index in [4.69, 9.17) is 21.1 Å². The number of esters is 1. The van der Waals surface area contributed by atoms with Crippen molar-refractivity contribution in [3.05, 3.63) is 58.6 Å². The number of hydrogen-bond donors (Lipinski definition) is 2. The molecule has 11 nitrogen and oxygen atoms in total. The van der Waals surface area contributed by atoms with Gasteiger partial charge in [0.2, 0.25) is 11.8 Å². The zero-order chi connectivity index (χ0) is 33.1. The van der Waals surface area contributed by atoms with Crippen LogP contribution in [0.1, 0.15) is 50.7 Å². The Bertz CT molecular complexity index is 1560. The van der Waals surface area contributed by atoms with Gasteiger partial charge in [-0.1, -0.05) is 30.7 Å². The van der Waals surface area contributed by atoms with Gasteiger partial charge >= 0.3 is 5.97 Å². The molecule has 4 heterocycles. The summed E-state index contributed by atoms with van der Waals surface area (Å²) in [7, 11) is -2.99. The summed E-state index contributed by atoms with van der Waals surface area (Å²) in [5.74, 6) is -1.52. The lowest BCUT2D eigenvalue weighted by molar-refractivity contribution is -0.154. The van der Waals surface area contributed by atoms with E-state index >= 15 is 0 Å². The van der Waals surface area contributed by atoms with Gasteiger partial charge in [0, 0.05) is 41.2 Å². The monoisotopic (exact) mass is 669 g/mol. The number of likely N-dealkylation sites (tertiary alicyclic amines) is 1. The standard InChI is InChI=1S/C33H40ClN3O8Si/c1-19-31(46(3,4)43)27(15-28(40)35-13-5-6-24(35)18-38)45-33(19)25-14-22(34)9-12-26(25)36(32(33)42)17-21-7-10-23(11-8-21)37-29(41)16-30(37)44-20(2)39/h7-12,14,19,24,27,30-31,38,43H,5-6,13,15-18H2,1-4H3/t19-,24-,27+,30?,31-,33+/m0/s1. The Labute approximate surface area is 274 Å². The highest BCUT2D eigenvalue weighted by molar-refractivity contribution is 6.71. The summed E-state index contributed by atoms with van der Waals surface area (Å²) in [5.41, 5.74) is 0.745. The van der Waals surface area contributed by atoms with Gasteiger partial charge in [-0.15, -0.1) is 0 Å². The van der Waals surface area contributed by atoms with Gasteiger partial charge < -0.3 is 29.2 Å². The Hall–Kier alpha value is -3.29. The molecule has 246 valence electrons. The number of ether oxygens (including phenoxy) is 2. The molecular formula is C33H40ClN3O8Si. The van der Waals surface area contributed by atoms with Crippen LogP contribution < -0.4 is 9.80 Å². The van der Waals surface area contributed by atoms with Crippen molar-refractivity contribution >= 4 is 55.0 Å². The second-order valence-electron chi connectivity index (χ2n) is 13.4. The van der Waals surface area contributed by atoms with Gasteiger partial charge in [0.1, 0.15) is 0 Å². The van der Waals surface area contributed by atoms with E-state index in [1.54, 1.807) is 40.1 Å². The van der Waals surface area contributed by atoms with Crippen molar-refractivity contribution in [2.75, 3.05) is 23.0 Å². The lowest BCUT2D eigenvalue weighted by atomic mass is 9.82. The molecule has 1 spiro atoms. The van der Waals surface area contributed by atoms with Gasteiger partial charge in [0.25, 0.3) is 5.91 Å². The molecule has 1 unspecified atom stereocenters. The first-order valence-corrected chi connectivity index (χ1v) is 19.2. The number of aliphatic hydroxyl groups excluding tert-OH is 1. The molecule has 2 N–H and O–H groups in total. The topological polar surface area (TPSA) is 137 Å². The van der Waals surface area contributed by atoms with Crippen molar-refractivity contribution in [3.63, 3.8) is 0 Å². The number of halogens is 1. The molecule has 4 aliphatic rings. The Balaban J connectivity index is 1.30. The third-order valence-corrected chi connectivity index (χ3v) is 12.7. The molecule has 0 aliphatic carbocycles. The molecule has 46 heavy (non-hydrogen) atoms. The van der Waals surface area contributed by atoms with Crippen LogP contribution in [0, 0.1) is 5.92 Å². The minimum Gasteiger partial charge on any atom is -0.441 e. The van der Waals surface area contributed by atoms with E-state index in [-0.39, 0.29) is 49.8 Å². The summed E-state index contributed by atoms with van der Waals surface area (Å²) in [6.07, 6.45) is 0.333. The van der Waals surface area contributed by atoms with Crippen LogP contribution in [0.3, 0.4) is 0 Å². The summed E-state index contributed by atoms with van der Waals surface area (Å²) < 4.78 is 12.0. The molecule has 3 saturated heterocycles. The maximum absolute atomic E-state index is 14.7. The van der Waals surface area contributed by atoms with Gasteiger partial charge in [-0.05, 0) is 61.8 Å². The molecule has 4 aliphatic heterocycles. The fourth-order valence-corrected chi connectivity index (χ4v) is 10.7. The molecule has 2 aromatic rings. The van der Waals surface area contributed by atoms with Crippen LogP contribution in [0.15, 0.2) is 42.5 Å². The van der Waals surface area contributed by atoms with E-state index in [0.717, 1.165) is 18.4 Å². The largest absolute Gasteiger partial charge is 0.441 e. The van der Waals surface area contributed by atoms with E-state index in [9.17, 15) is 29.1 Å². The quantitative estimate of drug-likeness (QED) is 0.247. The van der Waals surface area contributed by atoms with Crippen LogP contribution in [0.25, 0.3) is 0 Å². The average Bonchev–Trinajstić information content (AvgIpc) is 3.64. The fraction of sp³-hybridized carbons (Fsp3) is 0.515. The van der Waals surface area contributed by atoms with Crippen LogP contribution >= 0.6 is 11.6 Å². The first-order valence-electron chi connectivity index (χ1n) is 15.8. The van der Waals surface area contributed by atoms with Crippen LogP contribution in [0.2, 0.25) is 23.7 Å². The number of benzene rings is 2. The molecule has 3 amide bonds. The highest BCUT2D eigenvalue weighted by Gasteiger charge is 2.66. The molecule has 6 rings (SSSR count). The third kappa shape index (κ3) is 5.43. The molecular weight excluding hydrogens is 630 g/mol. The number of carbonyl (C=O) groups excluding carboxylic acids is 4. The van der Waals surface area contributed by atoms with Gasteiger partial charge in [-0.3, -0.25) is 24.1 Å². The normalized spacial score (nSPS) is 29.0. The minimum absolute atomic E-state index is 0.00154. The second kappa shape index (κ2) is 12.1. The van der Waals surface area contributed by atoms with Crippen LogP contribution in [-0.4, -0.2) is 78.3 Å². The van der Waals surface area contributed by atoms with Crippen molar-refractivity contribution in [1.29, 1.82) is 0 Å². The Morgan fingerprint density at radius 2 is 1.87 bits per heavy atom. The van der Waals surface area contributed by atoms with Gasteiger partial charge in [-0.25, -0.2) is 0 Å². The van der Waals surface area contributed by atoms with Crippen LogP contribution in [0.5, 0.6) is 0 Å². The van der Waals surface area contributed by atoms with Crippen LogP contribution in [-0.2, 0) is 40.8 Å². The first kappa shape index (κ1) is 32.6. The summed E-state index contributed by atoms with van der Waals surface area (Å²) in [5, 5.41) is 10.3. The second-order valence-corrected chi connectivity index (χ2v) is 17.8. The molecule has 2 aromatic carbocycles. The average molecular weight is 670 g/mol. The van der Waals surface area contributed by atoms with Crippen molar-refractivity contribution in [2.24, 2.45) is 5.92 Å². The lowest BCUT2D eigenvalue weighted by Crippen LogP contribution is -2.54. The lowest BCUT2D eigenvalue weighted by Gasteiger charge is -2.39. The summed E-state index contributed by atoms with van der Waals surface area (Å²) in [4.78, 5) is 68.2. The zero-order valence-corrected chi connectivity index (χ0v) is 28.2. The maximum Gasteiger partial charge on any atom is 0.304 e. The molecule has 6 atom stereocenters. The molecule has 0 bridgehead atoms. The SMILES string of the molecule is CC(=O)OC1CC(=O)N1c1ccc(CN2C(=O)[C@]3(O[C@H](CC(=O)N4CCC[C@H]4CO)[C@@H]([Si](C)(C)O)[C@@H]3C)c3cc(Cl)ccc32)cc1. The highest BCUT2D eigenvalue weighted by Crippen LogP contribution is 2.60. The van der Waals surface area contributed by atoms with Gasteiger partial charge in [-0.2, -0.15) is 0 Å². The number of hydrogen-bond acceptors (Lipinski definition) is 8. The van der Waals surface area contributed by atoms with Gasteiger partial charge in [0.05, 0.1) is 43.8 Å². The number of aliphatic hydroxyl groups is 1. The van der Waals surface area contributed by atoms with Crippen molar-refractivity contribution < 1.29 is 38.6 Å². The smallest absolute Gasteiger partial charge is 0.304 e. The number of rotatable bonds is 8. The number of β-lactam (4-membered cyclic amide) rings is 1. The van der Waals surface area contributed by atoms with E-state index in [2.05, 4.69) is 0 Å². The number of nitrogens with zero attached hydrogens (tertiary/aromatic N) is 3. The zero-order valence-electron chi connectivity index (χ0n) is 26.4. The summed E-state index contributed by atoms with van der Waals surface area (Å²) in [6.45, 7) is 7.49.